The molecule has 19 heavy (non-hydrogen) atoms. The molecule has 1 N–H and O–H groups in total. The van der Waals surface area contributed by atoms with E-state index in [9.17, 15) is 4.79 Å². The summed E-state index contributed by atoms with van der Waals surface area (Å²) in [5.41, 5.74) is 0.230. The summed E-state index contributed by atoms with van der Waals surface area (Å²) in [6.07, 6.45) is 2.33. The van der Waals surface area contributed by atoms with Crippen molar-refractivity contribution in [2.24, 2.45) is 0 Å². The Hall–Kier alpha value is -1.11. The highest BCUT2D eigenvalue weighted by molar-refractivity contribution is 5.87. The molecule has 2 aliphatic rings. The Morgan fingerprint density at radius 3 is 2.21 bits per heavy atom. The van der Waals surface area contributed by atoms with E-state index in [2.05, 4.69) is 4.74 Å². The number of carbonyl (C=O) groups excluding carboxylic acids is 1. The molecular weight excluding hydrogens is 252 g/mol. The largest absolute Gasteiger partial charge is 0.515 e. The predicted octanol–water partition coefficient (Wildman–Crippen LogP) is 1.20. The molecule has 6 heteroatoms. The third kappa shape index (κ3) is 8.58. The van der Waals surface area contributed by atoms with E-state index in [0.29, 0.717) is 18.8 Å². The Morgan fingerprint density at radius 2 is 1.84 bits per heavy atom. The lowest BCUT2D eigenvalue weighted by atomic mass is 10.3. The molecule has 0 bridgehead atoms. The summed E-state index contributed by atoms with van der Waals surface area (Å²) >= 11 is 0. The van der Waals surface area contributed by atoms with Gasteiger partial charge in [0.25, 0.3) is 0 Å². The average molecular weight is 274 g/mol. The van der Waals surface area contributed by atoms with Gasteiger partial charge in [0.1, 0.15) is 12.2 Å². The molecule has 6 nitrogen and oxygen atoms in total. The van der Waals surface area contributed by atoms with Crippen molar-refractivity contribution < 1.29 is 28.8 Å². The molecular formula is C13H22O6. The predicted molar refractivity (Wildman–Crippen MR) is 67.9 cm³/mol. The molecule has 2 atom stereocenters. The molecule has 0 amide bonds. The van der Waals surface area contributed by atoms with Crippen molar-refractivity contribution >= 4 is 5.97 Å². The zero-order chi connectivity index (χ0) is 14.1. The molecule has 0 aromatic rings. The van der Waals surface area contributed by atoms with Gasteiger partial charge in [-0.05, 0) is 13.3 Å². The van der Waals surface area contributed by atoms with E-state index in [1.165, 1.54) is 6.92 Å². The number of hydrogen-bond donors (Lipinski definition) is 1. The monoisotopic (exact) mass is 274 g/mol. The van der Waals surface area contributed by atoms with E-state index < -0.39 is 5.97 Å². The molecule has 2 rings (SSSR count). The molecule has 2 saturated heterocycles. The lowest BCUT2D eigenvalue weighted by Crippen LogP contribution is -2.06. The molecule has 2 aliphatic heterocycles. The van der Waals surface area contributed by atoms with Gasteiger partial charge in [-0.2, -0.15) is 0 Å². The van der Waals surface area contributed by atoms with Crippen LogP contribution in [-0.2, 0) is 23.7 Å². The van der Waals surface area contributed by atoms with Gasteiger partial charge >= 0.3 is 5.97 Å². The second-order valence-electron chi connectivity index (χ2n) is 4.40. The normalized spacial score (nSPS) is 24.2. The fourth-order valence-corrected chi connectivity index (χ4v) is 1.02. The van der Waals surface area contributed by atoms with E-state index in [-0.39, 0.29) is 5.57 Å². The first-order valence-corrected chi connectivity index (χ1v) is 6.46. The molecule has 110 valence electrons. The van der Waals surface area contributed by atoms with Crippen LogP contribution in [0.5, 0.6) is 0 Å². The van der Waals surface area contributed by atoms with Crippen molar-refractivity contribution in [2.45, 2.75) is 32.5 Å². The third-order valence-corrected chi connectivity index (χ3v) is 2.37. The van der Waals surface area contributed by atoms with Crippen LogP contribution in [0.3, 0.4) is 0 Å². The Bertz CT molecular complexity index is 282. The van der Waals surface area contributed by atoms with Crippen LogP contribution in [-0.4, -0.2) is 56.3 Å². The first kappa shape index (κ1) is 15.9. The van der Waals surface area contributed by atoms with Crippen molar-refractivity contribution in [1.29, 1.82) is 0 Å². The number of rotatable bonds is 7. The molecule has 0 spiro atoms. The molecule has 2 fully saturated rings. The quantitative estimate of drug-likeness (QED) is 0.325. The lowest BCUT2D eigenvalue weighted by Gasteiger charge is -2.00. The zero-order valence-electron chi connectivity index (χ0n) is 11.5. The second-order valence-corrected chi connectivity index (χ2v) is 4.40. The minimum Gasteiger partial charge on any atom is -0.515 e. The summed E-state index contributed by atoms with van der Waals surface area (Å²) in [5.74, 6) is -0.454. The van der Waals surface area contributed by atoms with Gasteiger partial charge in [-0.3, -0.25) is 0 Å². The van der Waals surface area contributed by atoms with E-state index in [1.54, 1.807) is 0 Å². The maximum Gasteiger partial charge on any atom is 0.336 e. The fraction of sp³-hybridized carbons (Fsp3) is 0.769. The Morgan fingerprint density at radius 1 is 1.32 bits per heavy atom. The highest BCUT2D eigenvalue weighted by Crippen LogP contribution is 2.12. The van der Waals surface area contributed by atoms with Crippen molar-refractivity contribution in [2.75, 3.05) is 33.0 Å². The van der Waals surface area contributed by atoms with Gasteiger partial charge in [0.15, 0.2) is 0 Å². The van der Waals surface area contributed by atoms with Crippen molar-refractivity contribution in [1.82, 2.24) is 0 Å². The Kier molecular flexibility index (Phi) is 7.47. The number of ether oxygens (including phenoxy) is 4. The van der Waals surface area contributed by atoms with Gasteiger partial charge in [0.05, 0.1) is 44.9 Å². The minimum atomic E-state index is -0.454. The summed E-state index contributed by atoms with van der Waals surface area (Å²) in [7, 11) is 0. The molecule has 2 unspecified atom stereocenters. The van der Waals surface area contributed by atoms with Crippen LogP contribution in [0.4, 0.5) is 0 Å². The van der Waals surface area contributed by atoms with E-state index >= 15 is 0 Å². The highest BCUT2D eigenvalue weighted by atomic mass is 16.6. The summed E-state index contributed by atoms with van der Waals surface area (Å²) < 4.78 is 19.8. The summed E-state index contributed by atoms with van der Waals surface area (Å²) in [5, 5.41) is 8.34. The molecule has 0 aliphatic carbocycles. The molecule has 0 radical (unpaired) electrons. The van der Waals surface area contributed by atoms with Gasteiger partial charge in [0, 0.05) is 0 Å². The van der Waals surface area contributed by atoms with Gasteiger partial charge in [-0.25, -0.2) is 4.79 Å². The molecule has 0 aromatic carbocycles. The SMILES string of the molecule is C(OCC1CO1)C1CO1.CCCOC(=O)C(C)=CO. The van der Waals surface area contributed by atoms with E-state index in [1.807, 2.05) is 6.92 Å². The molecule has 0 aromatic heterocycles. The van der Waals surface area contributed by atoms with Crippen LogP contribution in [0.15, 0.2) is 11.8 Å². The smallest absolute Gasteiger partial charge is 0.336 e. The number of hydrogen-bond acceptors (Lipinski definition) is 6. The van der Waals surface area contributed by atoms with Gasteiger partial charge in [-0.1, -0.05) is 6.92 Å². The van der Waals surface area contributed by atoms with Crippen LogP contribution >= 0.6 is 0 Å². The number of esters is 1. The van der Waals surface area contributed by atoms with Crippen LogP contribution in [0, 0.1) is 0 Å². The van der Waals surface area contributed by atoms with Crippen LogP contribution in [0.1, 0.15) is 20.3 Å². The summed E-state index contributed by atoms with van der Waals surface area (Å²) in [4.78, 5) is 10.7. The topological polar surface area (TPSA) is 80.8 Å². The third-order valence-electron chi connectivity index (χ3n) is 2.37. The maximum atomic E-state index is 10.7. The molecule has 0 saturated carbocycles. The van der Waals surface area contributed by atoms with Crippen LogP contribution < -0.4 is 0 Å². The van der Waals surface area contributed by atoms with Crippen molar-refractivity contribution in [3.63, 3.8) is 0 Å². The Balaban J connectivity index is 0.000000190. The van der Waals surface area contributed by atoms with Crippen LogP contribution in [0.25, 0.3) is 0 Å². The summed E-state index contributed by atoms with van der Waals surface area (Å²) in [6.45, 7) is 7.07. The first-order chi connectivity index (χ1) is 9.17. The van der Waals surface area contributed by atoms with E-state index in [4.69, 9.17) is 19.3 Å². The zero-order valence-corrected chi connectivity index (χ0v) is 11.5. The average Bonchev–Trinajstić information content (AvgIpc) is 3.29. The fourth-order valence-electron chi connectivity index (χ4n) is 1.02. The molecule has 2 heterocycles. The number of aliphatic hydroxyl groups is 1. The maximum absolute atomic E-state index is 10.7. The van der Waals surface area contributed by atoms with Gasteiger partial charge in [0.2, 0.25) is 0 Å². The van der Waals surface area contributed by atoms with E-state index in [0.717, 1.165) is 39.1 Å². The van der Waals surface area contributed by atoms with Crippen LogP contribution in [0.2, 0.25) is 0 Å². The Labute approximate surface area is 113 Å². The highest BCUT2D eigenvalue weighted by Gasteiger charge is 2.26. The van der Waals surface area contributed by atoms with Gasteiger partial charge in [-0.15, -0.1) is 0 Å². The number of epoxide rings is 2. The van der Waals surface area contributed by atoms with Crippen molar-refractivity contribution in [3.8, 4) is 0 Å². The number of aliphatic hydroxyl groups excluding tert-OH is 1. The van der Waals surface area contributed by atoms with Gasteiger partial charge < -0.3 is 24.1 Å². The lowest BCUT2D eigenvalue weighted by molar-refractivity contribution is -0.139. The summed E-state index contributed by atoms with van der Waals surface area (Å²) in [6, 6.07) is 0. The van der Waals surface area contributed by atoms with Crippen molar-refractivity contribution in [3.05, 3.63) is 11.8 Å². The standard InChI is InChI=1S/C7H12O3.C6H10O3/c1-3-4-10-7(9)6(2)5-8;1(5-3-8-5)7-2-6-4-9-6/h5,8H,3-4H2,1-2H3;5-6H,1-4H2. The minimum absolute atomic E-state index is 0.230. The second kappa shape index (κ2) is 8.90. The number of carbonyl (C=O) groups is 1. The first-order valence-electron chi connectivity index (χ1n) is 6.46.